The Bertz CT molecular complexity index is 1210. The van der Waals surface area contributed by atoms with Crippen LogP contribution in [-0.2, 0) is 6.61 Å². The van der Waals surface area contributed by atoms with Crippen LogP contribution in [0, 0.1) is 55.0 Å². The van der Waals surface area contributed by atoms with Crippen molar-refractivity contribution in [1.29, 1.82) is 0 Å². The highest BCUT2D eigenvalue weighted by atomic mass is 16.5. The third-order valence-corrected chi connectivity index (χ3v) is 6.31. The van der Waals surface area contributed by atoms with Crippen molar-refractivity contribution in [3.05, 3.63) is 97.9 Å². The molecule has 3 aromatic rings. The normalized spacial score (nSPS) is 10.6. The Morgan fingerprint density at radius 1 is 0.844 bits per heavy atom. The van der Waals surface area contributed by atoms with Crippen molar-refractivity contribution >= 4 is 11.7 Å². The first-order valence-corrected chi connectivity index (χ1v) is 10.6. The molecule has 164 valence electrons. The van der Waals surface area contributed by atoms with Crippen LogP contribution in [0.1, 0.15) is 54.9 Å². The lowest BCUT2D eigenvalue weighted by Crippen LogP contribution is -2.15. The van der Waals surface area contributed by atoms with Crippen molar-refractivity contribution < 1.29 is 14.3 Å². The van der Waals surface area contributed by atoms with E-state index in [4.69, 9.17) is 16.0 Å². The average Bonchev–Trinajstić information content (AvgIpc) is 2.78. The monoisotopic (exact) mass is 427 g/mol. The van der Waals surface area contributed by atoms with E-state index in [1.165, 1.54) is 0 Å². The number of hydrogen-bond donors (Lipinski definition) is 0. The Morgan fingerprint density at radius 2 is 1.44 bits per heavy atom. The molecule has 0 aromatic heterocycles. The molecule has 0 spiro atoms. The summed E-state index contributed by atoms with van der Waals surface area (Å²) < 4.78 is 12.0. The van der Waals surface area contributed by atoms with Gasteiger partial charge < -0.3 is 9.47 Å². The van der Waals surface area contributed by atoms with Crippen LogP contribution < -0.4 is 9.47 Å². The highest BCUT2D eigenvalue weighted by Gasteiger charge is 2.23. The van der Waals surface area contributed by atoms with Gasteiger partial charge in [0.15, 0.2) is 5.69 Å². The minimum absolute atomic E-state index is 0.390. The van der Waals surface area contributed by atoms with E-state index >= 15 is 0 Å². The molecule has 0 radical (unpaired) electrons. The maximum absolute atomic E-state index is 13.3. The highest BCUT2D eigenvalue weighted by molar-refractivity contribution is 5.95. The maximum atomic E-state index is 13.3. The number of aryl methyl sites for hydroxylation is 1. The molecule has 0 N–H and O–H groups in total. The number of nitrogens with zero attached hydrogens (tertiary/aromatic N) is 1. The zero-order valence-corrected chi connectivity index (χ0v) is 19.8. The smallest absolute Gasteiger partial charge is 0.344 e. The van der Waals surface area contributed by atoms with E-state index in [2.05, 4.69) is 4.85 Å². The van der Waals surface area contributed by atoms with Gasteiger partial charge in [0.25, 0.3) is 0 Å². The van der Waals surface area contributed by atoms with E-state index in [0.29, 0.717) is 23.6 Å². The first-order chi connectivity index (χ1) is 15.2. The van der Waals surface area contributed by atoms with Crippen molar-refractivity contribution in [2.45, 2.75) is 55.1 Å². The van der Waals surface area contributed by atoms with Crippen LogP contribution in [0.4, 0.5) is 5.69 Å². The van der Waals surface area contributed by atoms with Gasteiger partial charge in [0.2, 0.25) is 0 Å². The SMILES string of the molecule is [C-]#[N+]c1c(C)c(C)c(OC(=O)c2c(C)cc(OCc3ccccc3)c(C)c2C)c(C)c1C. The molecule has 0 aliphatic carbocycles. The molecular weight excluding hydrogens is 398 g/mol. The zero-order valence-electron chi connectivity index (χ0n) is 19.8. The molecule has 0 amide bonds. The molecule has 4 nitrogen and oxygen atoms in total. The van der Waals surface area contributed by atoms with Gasteiger partial charge in [-0.2, -0.15) is 0 Å². The lowest BCUT2D eigenvalue weighted by Gasteiger charge is -2.20. The molecule has 0 saturated heterocycles. The third kappa shape index (κ3) is 4.24. The molecule has 0 atom stereocenters. The number of esters is 1. The van der Waals surface area contributed by atoms with E-state index in [-0.39, 0.29) is 0 Å². The molecule has 0 aliphatic heterocycles. The molecule has 0 saturated carbocycles. The summed E-state index contributed by atoms with van der Waals surface area (Å²) in [6, 6.07) is 11.9. The Hall–Kier alpha value is -3.58. The molecule has 0 fully saturated rings. The number of ether oxygens (including phenoxy) is 2. The summed E-state index contributed by atoms with van der Waals surface area (Å²) in [7, 11) is 0. The molecule has 32 heavy (non-hydrogen) atoms. The number of hydrogen-bond acceptors (Lipinski definition) is 3. The first-order valence-electron chi connectivity index (χ1n) is 10.6. The fourth-order valence-corrected chi connectivity index (χ4v) is 3.97. The minimum atomic E-state index is -0.390. The van der Waals surface area contributed by atoms with Crippen molar-refractivity contribution in [2.24, 2.45) is 0 Å². The molecular formula is C28H29NO3. The molecule has 0 aliphatic rings. The van der Waals surface area contributed by atoms with E-state index in [9.17, 15) is 4.79 Å². The van der Waals surface area contributed by atoms with Crippen LogP contribution in [0.25, 0.3) is 4.85 Å². The van der Waals surface area contributed by atoms with Gasteiger partial charge in [0, 0.05) is 0 Å². The predicted molar refractivity (Wildman–Crippen MR) is 128 cm³/mol. The summed E-state index contributed by atoms with van der Waals surface area (Å²) in [5.41, 5.74) is 8.18. The standard InChI is InChI=1S/C28H29NO3/c1-16-14-24(31-15-23-12-10-9-11-13-23)17(2)18(3)25(16)28(30)32-27-21(6)19(4)26(29-8)20(5)22(27)7/h9-14H,15H2,1-7H3. The lowest BCUT2D eigenvalue weighted by atomic mass is 9.96. The van der Waals surface area contributed by atoms with E-state index in [0.717, 1.165) is 50.3 Å². The maximum Gasteiger partial charge on any atom is 0.344 e. The average molecular weight is 428 g/mol. The molecule has 3 rings (SSSR count). The summed E-state index contributed by atoms with van der Waals surface area (Å²) in [6.45, 7) is 21.3. The molecule has 0 bridgehead atoms. The predicted octanol–water partition coefficient (Wildman–Crippen LogP) is 7.19. The minimum Gasteiger partial charge on any atom is -0.489 e. The van der Waals surface area contributed by atoms with Gasteiger partial charge in [0.05, 0.1) is 12.1 Å². The fraction of sp³-hybridized carbons (Fsp3) is 0.286. The van der Waals surface area contributed by atoms with Gasteiger partial charge >= 0.3 is 5.97 Å². The van der Waals surface area contributed by atoms with Crippen LogP contribution in [0.2, 0.25) is 0 Å². The second kappa shape index (κ2) is 9.28. The lowest BCUT2D eigenvalue weighted by molar-refractivity contribution is 0.0730. The fourth-order valence-electron chi connectivity index (χ4n) is 3.97. The van der Waals surface area contributed by atoms with E-state index in [1.54, 1.807) is 0 Å². The van der Waals surface area contributed by atoms with Gasteiger partial charge in [-0.25, -0.2) is 9.64 Å². The van der Waals surface area contributed by atoms with Gasteiger partial charge in [0.1, 0.15) is 18.1 Å². The second-order valence-corrected chi connectivity index (χ2v) is 8.27. The Labute approximate surface area is 190 Å². The van der Waals surface area contributed by atoms with Crippen LogP contribution in [-0.4, -0.2) is 5.97 Å². The molecule has 0 heterocycles. The number of rotatable bonds is 5. The summed E-state index contributed by atoms with van der Waals surface area (Å²) in [5.74, 6) is 0.914. The van der Waals surface area contributed by atoms with Gasteiger partial charge in [-0.05, 0) is 99.0 Å². The summed E-state index contributed by atoms with van der Waals surface area (Å²) >= 11 is 0. The van der Waals surface area contributed by atoms with Crippen LogP contribution >= 0.6 is 0 Å². The molecule has 4 heteroatoms. The summed E-state index contributed by atoms with van der Waals surface area (Å²) in [4.78, 5) is 16.9. The Kier molecular flexibility index (Phi) is 6.69. The second-order valence-electron chi connectivity index (χ2n) is 8.27. The van der Waals surface area contributed by atoms with Crippen LogP contribution in [0.15, 0.2) is 36.4 Å². The van der Waals surface area contributed by atoms with Crippen LogP contribution in [0.5, 0.6) is 11.5 Å². The van der Waals surface area contributed by atoms with Gasteiger partial charge in [-0.3, -0.25) is 0 Å². The van der Waals surface area contributed by atoms with E-state index < -0.39 is 5.97 Å². The topological polar surface area (TPSA) is 39.9 Å². The Balaban J connectivity index is 1.93. The zero-order chi connectivity index (χ0) is 23.6. The van der Waals surface area contributed by atoms with Crippen molar-refractivity contribution in [2.75, 3.05) is 0 Å². The van der Waals surface area contributed by atoms with Crippen molar-refractivity contribution in [1.82, 2.24) is 0 Å². The molecule has 3 aromatic carbocycles. The summed E-state index contributed by atoms with van der Waals surface area (Å²) in [6.07, 6.45) is 0. The van der Waals surface area contributed by atoms with Crippen molar-refractivity contribution in [3.63, 3.8) is 0 Å². The molecule has 0 unspecified atom stereocenters. The Morgan fingerprint density at radius 3 is 2.00 bits per heavy atom. The highest BCUT2D eigenvalue weighted by Crippen LogP contribution is 2.38. The largest absolute Gasteiger partial charge is 0.489 e. The van der Waals surface area contributed by atoms with Gasteiger partial charge in [-0.1, -0.05) is 30.3 Å². The van der Waals surface area contributed by atoms with Crippen molar-refractivity contribution in [3.8, 4) is 11.5 Å². The number of carbonyl (C=O) groups excluding carboxylic acids is 1. The van der Waals surface area contributed by atoms with Gasteiger partial charge in [-0.15, -0.1) is 0 Å². The first kappa shape index (κ1) is 23.1. The third-order valence-electron chi connectivity index (χ3n) is 6.31. The number of benzene rings is 3. The van der Waals surface area contributed by atoms with Crippen LogP contribution in [0.3, 0.4) is 0 Å². The number of carbonyl (C=O) groups is 1. The quantitative estimate of drug-likeness (QED) is 0.246. The van der Waals surface area contributed by atoms with E-state index in [1.807, 2.05) is 84.9 Å². The summed E-state index contributed by atoms with van der Waals surface area (Å²) in [5, 5.41) is 0.